The minimum absolute atomic E-state index is 0.595. The van der Waals surface area contributed by atoms with Gasteiger partial charge in [0.05, 0.1) is 0 Å². The second-order valence-corrected chi connectivity index (χ2v) is 17.9. The molecule has 0 amide bonds. The Balaban J connectivity index is 1.64. The Bertz CT molecular complexity index is 1340. The van der Waals surface area contributed by atoms with Crippen molar-refractivity contribution < 1.29 is 0 Å². The van der Waals surface area contributed by atoms with E-state index in [0.717, 1.165) is 27.0 Å². The van der Waals surface area contributed by atoms with Gasteiger partial charge in [-0.05, 0) is 95.1 Å². The molecule has 1 fully saturated rings. The third kappa shape index (κ3) is 6.62. The van der Waals surface area contributed by atoms with Gasteiger partial charge in [-0.25, -0.2) is 0 Å². The molecule has 3 aromatic rings. The van der Waals surface area contributed by atoms with Crippen molar-refractivity contribution in [2.45, 2.75) is 71.0 Å². The molecule has 1 aliphatic carbocycles. The smallest absolute Gasteiger partial charge is 0.146 e. The number of benzene rings is 3. The van der Waals surface area contributed by atoms with Gasteiger partial charge in [0.2, 0.25) is 0 Å². The standard InChI is InChI=1S/C35H40BrNSi/c1-25(2)38(26(3)4,27(5)6)24-23-29-10-8-7-9-28(29)15-22-35(30-11-12-30)31-13-18-33(19-14-31)37-34-20-16-32(36)17-21-34/h7-10,13-21,25-27,30,37H,11-12H2,1-6H3. The van der Waals surface area contributed by atoms with Crippen molar-refractivity contribution in [3.05, 3.63) is 99.7 Å². The highest BCUT2D eigenvalue weighted by Crippen LogP contribution is 2.42. The Morgan fingerprint density at radius 3 is 1.92 bits per heavy atom. The largest absolute Gasteiger partial charge is 0.356 e. The molecule has 1 N–H and O–H groups in total. The molecular formula is C35H40BrNSi. The van der Waals surface area contributed by atoms with Gasteiger partial charge in [-0.15, -0.1) is 11.3 Å². The highest BCUT2D eigenvalue weighted by molar-refractivity contribution is 9.10. The van der Waals surface area contributed by atoms with Crippen molar-refractivity contribution in [2.24, 2.45) is 5.92 Å². The first-order valence-electron chi connectivity index (χ1n) is 13.9. The molecule has 0 unspecified atom stereocenters. The van der Waals surface area contributed by atoms with E-state index >= 15 is 0 Å². The summed E-state index contributed by atoms with van der Waals surface area (Å²) in [6, 6.07) is 25.6. The second-order valence-electron chi connectivity index (χ2n) is 11.4. The third-order valence-corrected chi connectivity index (χ3v) is 14.8. The normalized spacial score (nSPS) is 13.2. The van der Waals surface area contributed by atoms with Crippen molar-refractivity contribution in [2.75, 3.05) is 5.32 Å². The summed E-state index contributed by atoms with van der Waals surface area (Å²) >= 11 is 3.50. The molecule has 0 radical (unpaired) electrons. The van der Waals surface area contributed by atoms with E-state index in [9.17, 15) is 0 Å². The molecule has 3 heteroatoms. The number of rotatable bonds is 8. The molecule has 3 aromatic carbocycles. The molecule has 1 nitrogen and oxygen atoms in total. The summed E-state index contributed by atoms with van der Waals surface area (Å²) in [5.74, 6) is 4.26. The molecule has 196 valence electrons. The van der Waals surface area contributed by atoms with E-state index in [-0.39, 0.29) is 0 Å². The minimum atomic E-state index is -1.78. The van der Waals surface area contributed by atoms with E-state index in [1.54, 1.807) is 0 Å². The Morgan fingerprint density at radius 2 is 1.37 bits per heavy atom. The molecule has 1 aliphatic rings. The fourth-order valence-corrected chi connectivity index (χ4v) is 11.2. The zero-order valence-electron chi connectivity index (χ0n) is 23.6. The molecule has 0 bridgehead atoms. The average molecular weight is 583 g/mol. The van der Waals surface area contributed by atoms with Crippen LogP contribution in [0.3, 0.4) is 0 Å². The number of anilines is 2. The molecule has 4 rings (SSSR count). The zero-order valence-corrected chi connectivity index (χ0v) is 26.2. The lowest BCUT2D eigenvalue weighted by Crippen LogP contribution is -2.43. The van der Waals surface area contributed by atoms with E-state index in [2.05, 4.69) is 147 Å². The van der Waals surface area contributed by atoms with Crippen LogP contribution in [-0.2, 0) is 0 Å². The number of hydrogen-bond donors (Lipinski definition) is 1. The third-order valence-electron chi connectivity index (χ3n) is 7.94. The summed E-state index contributed by atoms with van der Waals surface area (Å²) in [6.45, 7) is 14.2. The first-order valence-corrected chi connectivity index (χ1v) is 16.9. The molecule has 0 heterocycles. The molecule has 0 aromatic heterocycles. The van der Waals surface area contributed by atoms with E-state index in [1.807, 2.05) is 12.1 Å². The van der Waals surface area contributed by atoms with Crippen LogP contribution in [0, 0.1) is 17.4 Å². The highest BCUT2D eigenvalue weighted by atomic mass is 79.9. The monoisotopic (exact) mass is 581 g/mol. The highest BCUT2D eigenvalue weighted by Gasteiger charge is 2.41. The topological polar surface area (TPSA) is 12.0 Å². The maximum atomic E-state index is 3.90. The lowest BCUT2D eigenvalue weighted by atomic mass is 10.0. The van der Waals surface area contributed by atoms with Crippen molar-refractivity contribution in [1.29, 1.82) is 0 Å². The van der Waals surface area contributed by atoms with Crippen LogP contribution in [0.4, 0.5) is 11.4 Å². The van der Waals surface area contributed by atoms with Crippen LogP contribution in [0.2, 0.25) is 16.6 Å². The van der Waals surface area contributed by atoms with Crippen LogP contribution in [0.5, 0.6) is 0 Å². The van der Waals surface area contributed by atoms with E-state index in [1.165, 1.54) is 24.0 Å². The molecule has 1 saturated carbocycles. The number of nitrogens with one attached hydrogen (secondary N) is 1. The van der Waals surface area contributed by atoms with Gasteiger partial charge >= 0.3 is 0 Å². The fraction of sp³-hybridized carbons (Fsp3) is 0.343. The molecular weight excluding hydrogens is 542 g/mol. The summed E-state index contributed by atoms with van der Waals surface area (Å²) in [7, 11) is -1.78. The maximum absolute atomic E-state index is 3.90. The van der Waals surface area contributed by atoms with Crippen LogP contribution >= 0.6 is 15.9 Å². The van der Waals surface area contributed by atoms with Crippen LogP contribution in [0.1, 0.15) is 71.1 Å². The lowest BCUT2D eigenvalue weighted by molar-refractivity contribution is 0.838. The lowest BCUT2D eigenvalue weighted by Gasteiger charge is -2.38. The van der Waals surface area contributed by atoms with Gasteiger partial charge in [-0.3, -0.25) is 0 Å². The SMILES string of the molecule is CC(C)[Si](C#Cc1ccccc1C=C=C(c1ccc(Nc2ccc(Br)cc2)cc1)C1CC1)(C(C)C)C(C)C. The Morgan fingerprint density at radius 1 is 0.816 bits per heavy atom. The molecule has 0 spiro atoms. The van der Waals surface area contributed by atoms with Gasteiger partial charge in [0.25, 0.3) is 0 Å². The van der Waals surface area contributed by atoms with Gasteiger partial charge in [0.15, 0.2) is 0 Å². The fourth-order valence-electron chi connectivity index (χ4n) is 5.74. The number of halogens is 1. The minimum Gasteiger partial charge on any atom is -0.356 e. The van der Waals surface area contributed by atoms with Gasteiger partial charge in [0, 0.05) is 27.0 Å². The zero-order chi connectivity index (χ0) is 27.3. The summed E-state index contributed by atoms with van der Waals surface area (Å²) in [5, 5.41) is 3.49. The van der Waals surface area contributed by atoms with Crippen molar-refractivity contribution >= 4 is 47.0 Å². The predicted molar refractivity (Wildman–Crippen MR) is 172 cm³/mol. The molecule has 0 saturated heterocycles. The predicted octanol–water partition coefficient (Wildman–Crippen LogP) is 10.9. The van der Waals surface area contributed by atoms with Gasteiger partial charge in [-0.1, -0.05) is 93.7 Å². The van der Waals surface area contributed by atoms with E-state index in [0.29, 0.717) is 22.5 Å². The quantitative estimate of drug-likeness (QED) is 0.158. The van der Waals surface area contributed by atoms with Gasteiger partial charge in [-0.2, -0.15) is 0 Å². The first-order chi connectivity index (χ1) is 18.2. The van der Waals surface area contributed by atoms with Crippen LogP contribution in [0.25, 0.3) is 11.6 Å². The Labute approximate surface area is 239 Å². The molecule has 0 aliphatic heterocycles. The van der Waals surface area contributed by atoms with E-state index < -0.39 is 8.07 Å². The van der Waals surface area contributed by atoms with Crippen LogP contribution in [0.15, 0.2) is 83.0 Å². The number of allylic oxidation sites excluding steroid dienone is 1. The summed E-state index contributed by atoms with van der Waals surface area (Å²) in [4.78, 5) is 0. The average Bonchev–Trinajstić information content (AvgIpc) is 3.72. The van der Waals surface area contributed by atoms with E-state index in [4.69, 9.17) is 0 Å². The van der Waals surface area contributed by atoms with Crippen molar-refractivity contribution in [3.8, 4) is 11.5 Å². The Hall–Kier alpha value is -2.76. The van der Waals surface area contributed by atoms with Crippen LogP contribution in [-0.4, -0.2) is 8.07 Å². The van der Waals surface area contributed by atoms with Gasteiger partial charge < -0.3 is 5.32 Å². The molecule has 38 heavy (non-hydrogen) atoms. The second kappa shape index (κ2) is 12.4. The van der Waals surface area contributed by atoms with Crippen molar-refractivity contribution in [3.63, 3.8) is 0 Å². The maximum Gasteiger partial charge on any atom is 0.146 e. The summed E-state index contributed by atoms with van der Waals surface area (Å²) < 4.78 is 1.08. The number of hydrogen-bond acceptors (Lipinski definition) is 1. The Kier molecular flexibility index (Phi) is 9.22. The first kappa shape index (κ1) is 28.3. The van der Waals surface area contributed by atoms with Crippen LogP contribution < -0.4 is 5.32 Å². The summed E-state index contributed by atoms with van der Waals surface area (Å²) in [5.41, 5.74) is 16.5. The van der Waals surface area contributed by atoms with Gasteiger partial charge in [0.1, 0.15) is 8.07 Å². The summed E-state index contributed by atoms with van der Waals surface area (Å²) in [6.07, 6.45) is 4.64. The van der Waals surface area contributed by atoms with Crippen molar-refractivity contribution in [1.82, 2.24) is 0 Å². The molecule has 0 atom stereocenters.